The third kappa shape index (κ3) is 4.33. The Labute approximate surface area is 97.5 Å². The Morgan fingerprint density at radius 2 is 1.94 bits per heavy atom. The summed E-state index contributed by atoms with van der Waals surface area (Å²) in [6.45, 7) is 5.84. The van der Waals surface area contributed by atoms with Crippen LogP contribution in [0.25, 0.3) is 0 Å². The van der Waals surface area contributed by atoms with E-state index in [4.69, 9.17) is 4.74 Å². The maximum atomic E-state index is 11.8. The van der Waals surface area contributed by atoms with Gasteiger partial charge in [-0.3, -0.25) is 9.59 Å². The zero-order chi connectivity index (χ0) is 12.2. The first kappa shape index (κ1) is 13.2. The minimum absolute atomic E-state index is 0.0906. The first-order chi connectivity index (χ1) is 7.41. The highest BCUT2D eigenvalue weighted by atomic mass is 16.5. The number of esters is 1. The summed E-state index contributed by atoms with van der Waals surface area (Å²) in [6, 6.07) is 0. The molecule has 0 heterocycles. The molecule has 92 valence electrons. The van der Waals surface area contributed by atoms with Gasteiger partial charge in [-0.25, -0.2) is 0 Å². The van der Waals surface area contributed by atoms with Crippen molar-refractivity contribution in [2.75, 3.05) is 0 Å². The molecule has 0 spiro atoms. The molecule has 0 aromatic rings. The zero-order valence-electron chi connectivity index (χ0n) is 10.5. The molecule has 0 saturated heterocycles. The first-order valence-electron chi connectivity index (χ1n) is 6.11. The van der Waals surface area contributed by atoms with Gasteiger partial charge in [0.15, 0.2) is 11.9 Å². The lowest BCUT2D eigenvalue weighted by Gasteiger charge is -2.23. The van der Waals surface area contributed by atoms with E-state index in [1.165, 1.54) is 6.92 Å². The van der Waals surface area contributed by atoms with Crippen LogP contribution in [0.1, 0.15) is 59.3 Å². The molecule has 0 amide bonds. The summed E-state index contributed by atoms with van der Waals surface area (Å²) in [4.78, 5) is 22.7. The van der Waals surface area contributed by atoms with Crippen LogP contribution in [0.2, 0.25) is 0 Å². The molecule has 1 fully saturated rings. The summed E-state index contributed by atoms with van der Waals surface area (Å²) in [6.07, 6.45) is 4.76. The lowest BCUT2D eigenvalue weighted by Crippen LogP contribution is -2.26. The second-order valence-corrected chi connectivity index (χ2v) is 5.47. The number of ketones is 1. The molecule has 1 rings (SSSR count). The Bertz CT molecular complexity index is 268. The number of ether oxygens (including phenoxy) is 1. The number of hydrogen-bond acceptors (Lipinski definition) is 3. The minimum atomic E-state index is -0.494. The first-order valence-corrected chi connectivity index (χ1v) is 6.11. The van der Waals surface area contributed by atoms with Gasteiger partial charge >= 0.3 is 5.97 Å². The Hall–Kier alpha value is -0.860. The molecule has 0 aliphatic heterocycles. The second-order valence-electron chi connectivity index (χ2n) is 5.47. The lowest BCUT2D eigenvalue weighted by molar-refractivity contribution is -0.153. The largest absolute Gasteiger partial charge is 0.455 e. The van der Waals surface area contributed by atoms with Crippen molar-refractivity contribution in [2.45, 2.75) is 65.4 Å². The molecular weight excluding hydrogens is 204 g/mol. The highest BCUT2D eigenvalue weighted by Crippen LogP contribution is 2.32. The number of rotatable bonds is 1. The molecule has 0 bridgehead atoms. The van der Waals surface area contributed by atoms with E-state index in [-0.39, 0.29) is 11.8 Å². The number of Topliss-reactive ketones (excluding diaryl/α,β-unsaturated/α-hetero) is 1. The van der Waals surface area contributed by atoms with Crippen molar-refractivity contribution in [3.05, 3.63) is 0 Å². The van der Waals surface area contributed by atoms with Gasteiger partial charge in [-0.15, -0.1) is 0 Å². The fourth-order valence-electron chi connectivity index (χ4n) is 2.28. The van der Waals surface area contributed by atoms with E-state index >= 15 is 0 Å². The Kier molecular flexibility index (Phi) is 4.51. The van der Waals surface area contributed by atoms with Crippen LogP contribution in [0.15, 0.2) is 0 Å². The van der Waals surface area contributed by atoms with Gasteiger partial charge in [0.25, 0.3) is 0 Å². The van der Waals surface area contributed by atoms with Crippen molar-refractivity contribution in [1.82, 2.24) is 0 Å². The smallest absolute Gasteiger partial charge is 0.303 e. The van der Waals surface area contributed by atoms with E-state index in [1.54, 1.807) is 0 Å². The minimum Gasteiger partial charge on any atom is -0.455 e. The fraction of sp³-hybridized carbons (Fsp3) is 0.846. The van der Waals surface area contributed by atoms with Gasteiger partial charge in [0.05, 0.1) is 0 Å². The molecule has 1 aliphatic carbocycles. The Morgan fingerprint density at radius 3 is 2.56 bits per heavy atom. The van der Waals surface area contributed by atoms with Crippen molar-refractivity contribution in [3.63, 3.8) is 0 Å². The Morgan fingerprint density at radius 1 is 1.31 bits per heavy atom. The van der Waals surface area contributed by atoms with Gasteiger partial charge < -0.3 is 4.74 Å². The zero-order valence-corrected chi connectivity index (χ0v) is 10.5. The topological polar surface area (TPSA) is 43.4 Å². The third-order valence-corrected chi connectivity index (χ3v) is 3.26. The summed E-state index contributed by atoms with van der Waals surface area (Å²) >= 11 is 0. The van der Waals surface area contributed by atoms with Gasteiger partial charge in [0.2, 0.25) is 0 Å². The van der Waals surface area contributed by atoms with Crippen molar-refractivity contribution >= 4 is 11.8 Å². The molecular formula is C13H22O3. The van der Waals surface area contributed by atoms with E-state index in [0.717, 1.165) is 25.7 Å². The number of hydrogen-bond donors (Lipinski definition) is 0. The van der Waals surface area contributed by atoms with Crippen LogP contribution in [0, 0.1) is 5.41 Å². The van der Waals surface area contributed by atoms with Crippen LogP contribution in [-0.4, -0.2) is 17.9 Å². The fourth-order valence-corrected chi connectivity index (χ4v) is 2.28. The molecule has 0 N–H and O–H groups in total. The third-order valence-electron chi connectivity index (χ3n) is 3.26. The molecule has 0 aromatic heterocycles. The standard InChI is InChI=1S/C13H22O3/c1-10(14)16-12-7-5-9-13(2,3)8-4-6-11(12)15/h12H,4-9H2,1-3H3. The summed E-state index contributed by atoms with van der Waals surface area (Å²) in [5.41, 5.74) is 0.311. The Balaban J connectivity index is 2.60. The van der Waals surface area contributed by atoms with Crippen LogP contribution in [0.5, 0.6) is 0 Å². The van der Waals surface area contributed by atoms with Gasteiger partial charge in [0.1, 0.15) is 0 Å². The predicted molar refractivity (Wildman–Crippen MR) is 62.0 cm³/mol. The lowest BCUT2D eigenvalue weighted by atomic mass is 9.83. The maximum Gasteiger partial charge on any atom is 0.303 e. The van der Waals surface area contributed by atoms with Gasteiger partial charge in [0, 0.05) is 13.3 Å². The van der Waals surface area contributed by atoms with Crippen molar-refractivity contribution in [1.29, 1.82) is 0 Å². The highest BCUT2D eigenvalue weighted by Gasteiger charge is 2.26. The summed E-state index contributed by atoms with van der Waals surface area (Å²) < 4.78 is 5.07. The highest BCUT2D eigenvalue weighted by molar-refractivity contribution is 5.85. The molecule has 3 nitrogen and oxygen atoms in total. The van der Waals surface area contributed by atoms with Gasteiger partial charge in [-0.1, -0.05) is 13.8 Å². The molecule has 0 radical (unpaired) electrons. The van der Waals surface area contributed by atoms with Gasteiger partial charge in [-0.05, 0) is 37.5 Å². The van der Waals surface area contributed by atoms with E-state index in [9.17, 15) is 9.59 Å². The predicted octanol–water partition coefficient (Wildman–Crippen LogP) is 2.87. The van der Waals surface area contributed by atoms with E-state index in [0.29, 0.717) is 18.3 Å². The van der Waals surface area contributed by atoms with Crippen molar-refractivity contribution in [2.24, 2.45) is 5.41 Å². The molecule has 1 atom stereocenters. The maximum absolute atomic E-state index is 11.8. The number of carbonyl (C=O) groups is 2. The monoisotopic (exact) mass is 226 g/mol. The van der Waals surface area contributed by atoms with Crippen LogP contribution >= 0.6 is 0 Å². The van der Waals surface area contributed by atoms with E-state index in [1.807, 2.05) is 0 Å². The number of carbonyl (C=O) groups excluding carboxylic acids is 2. The van der Waals surface area contributed by atoms with Crippen LogP contribution in [0.4, 0.5) is 0 Å². The van der Waals surface area contributed by atoms with Crippen LogP contribution in [-0.2, 0) is 14.3 Å². The molecule has 1 unspecified atom stereocenters. The van der Waals surface area contributed by atoms with E-state index in [2.05, 4.69) is 13.8 Å². The summed E-state index contributed by atoms with van der Waals surface area (Å²) in [7, 11) is 0. The van der Waals surface area contributed by atoms with Crippen molar-refractivity contribution < 1.29 is 14.3 Å². The molecule has 1 aliphatic rings. The normalized spacial score (nSPS) is 26.4. The molecule has 3 heteroatoms. The quantitative estimate of drug-likeness (QED) is 0.646. The van der Waals surface area contributed by atoms with E-state index < -0.39 is 6.10 Å². The van der Waals surface area contributed by atoms with Crippen molar-refractivity contribution in [3.8, 4) is 0 Å². The molecule has 16 heavy (non-hydrogen) atoms. The van der Waals surface area contributed by atoms with Crippen LogP contribution < -0.4 is 0 Å². The van der Waals surface area contributed by atoms with Crippen LogP contribution in [0.3, 0.4) is 0 Å². The SMILES string of the molecule is CC(=O)OC1CCCC(C)(C)CCCC1=O. The van der Waals surface area contributed by atoms with Gasteiger partial charge in [-0.2, -0.15) is 0 Å². The summed E-state index contributed by atoms with van der Waals surface area (Å²) in [5.74, 6) is -0.259. The second kappa shape index (κ2) is 5.46. The average molecular weight is 226 g/mol. The average Bonchev–Trinajstić information content (AvgIpc) is 2.18. The molecule has 1 saturated carbocycles. The molecule has 0 aromatic carbocycles. The summed E-state index contributed by atoms with van der Waals surface area (Å²) in [5, 5.41) is 0.